The molecule has 3 nitrogen and oxygen atoms in total. The molecule has 0 fully saturated rings. The molecule has 0 aromatic heterocycles. The summed E-state index contributed by atoms with van der Waals surface area (Å²) in [7, 11) is -3.67. The van der Waals surface area contributed by atoms with Crippen LogP contribution in [-0.2, 0) is 14.6 Å². The monoisotopic (exact) mass is 270 g/mol. The zero-order valence-corrected chi connectivity index (χ0v) is 10.2. The van der Waals surface area contributed by atoms with Gasteiger partial charge in [-0.25, -0.2) is 8.42 Å². The third-order valence-electron chi connectivity index (χ3n) is 2.86. The highest BCUT2D eigenvalue weighted by atomic mass is 32.2. The van der Waals surface area contributed by atoms with Gasteiger partial charge in [0.2, 0.25) is 5.78 Å². The van der Waals surface area contributed by atoms with Crippen LogP contribution in [0.5, 0.6) is 0 Å². The number of carbonyl (C=O) groups excluding carboxylic acids is 1. The molecule has 2 atom stereocenters. The Hall–Kier alpha value is -0.850. The Balaban J connectivity index is 3.09. The van der Waals surface area contributed by atoms with Crippen LogP contribution in [0.25, 0.3) is 0 Å². The van der Waals surface area contributed by atoms with Crippen molar-refractivity contribution >= 4 is 15.6 Å². The minimum absolute atomic E-state index is 0.00861. The quantitative estimate of drug-likeness (QED) is 0.720. The molecule has 17 heavy (non-hydrogen) atoms. The molecule has 7 heteroatoms. The largest absolute Gasteiger partial charge is 0.450 e. The molecule has 1 rings (SSSR count). The predicted molar refractivity (Wildman–Crippen MR) is 56.2 cm³/mol. The summed E-state index contributed by atoms with van der Waals surface area (Å²) in [5, 5.41) is -1.26. The normalized spacial score (nSPS) is 26.5. The van der Waals surface area contributed by atoms with Gasteiger partial charge in [-0.1, -0.05) is 11.6 Å². The topological polar surface area (TPSA) is 51.2 Å². The molecule has 0 unspecified atom stereocenters. The molecule has 0 saturated carbocycles. The maximum absolute atomic E-state index is 12.3. The van der Waals surface area contributed by atoms with Crippen molar-refractivity contribution in [3.8, 4) is 0 Å². The van der Waals surface area contributed by atoms with Crippen LogP contribution < -0.4 is 0 Å². The summed E-state index contributed by atoms with van der Waals surface area (Å²) in [6.45, 7) is 1.65. The number of hydrogen-bond donors (Lipinski definition) is 0. The zero-order valence-electron chi connectivity index (χ0n) is 9.41. The van der Waals surface area contributed by atoms with Crippen molar-refractivity contribution in [1.29, 1.82) is 0 Å². The van der Waals surface area contributed by atoms with Crippen molar-refractivity contribution in [3.63, 3.8) is 0 Å². The molecule has 0 N–H and O–H groups in total. The minimum Gasteiger partial charge on any atom is -0.289 e. The summed E-state index contributed by atoms with van der Waals surface area (Å²) in [6, 6.07) is 0. The summed E-state index contributed by atoms with van der Waals surface area (Å²) in [4.78, 5) is 11.2. The average molecular weight is 270 g/mol. The highest BCUT2D eigenvalue weighted by molar-refractivity contribution is 7.91. The molecule has 0 radical (unpaired) electrons. The van der Waals surface area contributed by atoms with Crippen molar-refractivity contribution in [3.05, 3.63) is 11.6 Å². The van der Waals surface area contributed by atoms with Gasteiger partial charge in [-0.2, -0.15) is 13.2 Å². The molecule has 0 amide bonds. The van der Waals surface area contributed by atoms with E-state index < -0.39 is 33.0 Å². The second-order valence-corrected chi connectivity index (χ2v) is 6.59. The number of sulfone groups is 1. The smallest absolute Gasteiger partial charge is 0.289 e. The molecule has 0 heterocycles. The third-order valence-corrected chi connectivity index (χ3v) is 4.45. The number of allylic oxidation sites excluding steroid dienone is 2. The first-order valence-corrected chi connectivity index (χ1v) is 6.94. The molecule has 1 aliphatic rings. The van der Waals surface area contributed by atoms with E-state index in [0.717, 1.165) is 6.26 Å². The number of ketones is 1. The lowest BCUT2D eigenvalue weighted by atomic mass is 9.86. The molecule has 98 valence electrons. The summed E-state index contributed by atoms with van der Waals surface area (Å²) in [5.41, 5.74) is 0.701. The maximum Gasteiger partial charge on any atom is 0.450 e. The summed E-state index contributed by atoms with van der Waals surface area (Å²) >= 11 is 0. The molecule has 0 bridgehead atoms. The number of hydrogen-bond acceptors (Lipinski definition) is 3. The molecule has 1 aliphatic carbocycles. The molecule has 0 aliphatic heterocycles. The number of rotatable bonds is 2. The lowest BCUT2D eigenvalue weighted by Crippen LogP contribution is -2.42. The van der Waals surface area contributed by atoms with Gasteiger partial charge in [-0.15, -0.1) is 0 Å². The SMILES string of the molecule is CC1=CC[C@H](C(=O)C(F)(F)F)[C@@H](S(C)(=O)=O)C1. The first kappa shape index (κ1) is 14.2. The third kappa shape index (κ3) is 3.31. The van der Waals surface area contributed by atoms with E-state index in [1.54, 1.807) is 6.92 Å². The van der Waals surface area contributed by atoms with Crippen LogP contribution in [0.15, 0.2) is 11.6 Å². The first-order chi connectivity index (χ1) is 7.53. The van der Waals surface area contributed by atoms with Crippen LogP contribution in [0.4, 0.5) is 13.2 Å². The molecule has 0 spiro atoms. The van der Waals surface area contributed by atoms with Gasteiger partial charge in [0, 0.05) is 12.2 Å². The van der Waals surface area contributed by atoms with Gasteiger partial charge in [0.1, 0.15) is 0 Å². The average Bonchev–Trinajstić information content (AvgIpc) is 2.14. The molecular formula is C10H13F3O3S. The number of alkyl halides is 3. The van der Waals surface area contributed by atoms with Gasteiger partial charge < -0.3 is 0 Å². The van der Waals surface area contributed by atoms with Crippen LogP contribution >= 0.6 is 0 Å². The van der Waals surface area contributed by atoms with E-state index in [2.05, 4.69) is 0 Å². The van der Waals surface area contributed by atoms with Gasteiger partial charge in [0.25, 0.3) is 0 Å². The predicted octanol–water partition coefficient (Wildman–Crippen LogP) is 1.89. The van der Waals surface area contributed by atoms with Crippen LogP contribution in [0.1, 0.15) is 19.8 Å². The van der Waals surface area contributed by atoms with Crippen LogP contribution in [0.3, 0.4) is 0 Å². The Morgan fingerprint density at radius 2 is 1.94 bits per heavy atom. The number of Topliss-reactive ketones (excluding diaryl/α,β-unsaturated/α-hetero) is 1. The van der Waals surface area contributed by atoms with Crippen molar-refractivity contribution in [1.82, 2.24) is 0 Å². The summed E-state index contributed by atoms with van der Waals surface area (Å²) < 4.78 is 59.8. The highest BCUT2D eigenvalue weighted by Gasteiger charge is 2.48. The van der Waals surface area contributed by atoms with Crippen molar-refractivity contribution < 1.29 is 26.4 Å². The lowest BCUT2D eigenvalue weighted by Gasteiger charge is -2.28. The van der Waals surface area contributed by atoms with E-state index in [1.165, 1.54) is 6.08 Å². The zero-order chi connectivity index (χ0) is 13.4. The first-order valence-electron chi connectivity index (χ1n) is 4.99. The van der Waals surface area contributed by atoms with E-state index in [0.29, 0.717) is 5.57 Å². The van der Waals surface area contributed by atoms with Crippen LogP contribution in [0.2, 0.25) is 0 Å². The highest BCUT2D eigenvalue weighted by Crippen LogP contribution is 2.34. The van der Waals surface area contributed by atoms with Gasteiger partial charge in [0.05, 0.1) is 5.25 Å². The van der Waals surface area contributed by atoms with Crippen molar-refractivity contribution in [2.24, 2.45) is 5.92 Å². The van der Waals surface area contributed by atoms with Crippen molar-refractivity contribution in [2.75, 3.05) is 6.26 Å². The minimum atomic E-state index is -4.98. The van der Waals surface area contributed by atoms with Crippen LogP contribution in [0, 0.1) is 5.92 Å². The summed E-state index contributed by atoms with van der Waals surface area (Å²) in [6.07, 6.45) is -2.79. The second kappa shape index (κ2) is 4.44. The molecule has 0 aromatic rings. The van der Waals surface area contributed by atoms with Gasteiger partial charge in [0.15, 0.2) is 9.84 Å². The van der Waals surface area contributed by atoms with Gasteiger partial charge in [-0.3, -0.25) is 4.79 Å². The van der Waals surface area contributed by atoms with Gasteiger partial charge in [-0.05, 0) is 19.8 Å². The molecule has 0 aromatic carbocycles. The Kier molecular flexibility index (Phi) is 3.71. The Bertz CT molecular complexity index is 448. The summed E-state index contributed by atoms with van der Waals surface area (Å²) in [5.74, 6) is -3.45. The van der Waals surface area contributed by atoms with Crippen LogP contribution in [-0.4, -0.2) is 31.9 Å². The Morgan fingerprint density at radius 1 is 1.41 bits per heavy atom. The van der Waals surface area contributed by atoms with Crippen molar-refractivity contribution in [2.45, 2.75) is 31.2 Å². The Morgan fingerprint density at radius 3 is 2.35 bits per heavy atom. The van der Waals surface area contributed by atoms with E-state index >= 15 is 0 Å². The van der Waals surface area contributed by atoms with E-state index in [1.807, 2.05) is 0 Å². The maximum atomic E-state index is 12.3. The fourth-order valence-electron chi connectivity index (χ4n) is 1.96. The standard InChI is InChI=1S/C10H13F3O3S/c1-6-3-4-7(9(14)10(11,12)13)8(5-6)17(2,15)16/h3,7-8H,4-5H2,1-2H3/t7-,8-/m0/s1. The fraction of sp³-hybridized carbons (Fsp3) is 0.700. The lowest BCUT2D eigenvalue weighted by molar-refractivity contribution is -0.175. The number of halogens is 3. The van der Waals surface area contributed by atoms with Gasteiger partial charge >= 0.3 is 6.18 Å². The molecular weight excluding hydrogens is 257 g/mol. The Labute approximate surface area is 97.6 Å². The van der Waals surface area contributed by atoms with E-state index in [4.69, 9.17) is 0 Å². The molecule has 0 saturated heterocycles. The van der Waals surface area contributed by atoms with E-state index in [-0.39, 0.29) is 12.8 Å². The number of carbonyl (C=O) groups is 1. The van der Waals surface area contributed by atoms with E-state index in [9.17, 15) is 26.4 Å². The second-order valence-electron chi connectivity index (χ2n) is 4.33. The fourth-order valence-corrected chi connectivity index (χ4v) is 3.36.